The number of nitrogens with two attached hydrogens (primary N) is 1. The van der Waals surface area contributed by atoms with E-state index in [1.807, 2.05) is 0 Å². The minimum Gasteiger partial charge on any atom is -0.381 e. The zero-order valence-electron chi connectivity index (χ0n) is 12.4. The Morgan fingerprint density at radius 3 is 2.21 bits per heavy atom. The Bertz CT molecular complexity index is 278. The molecule has 1 saturated carbocycles. The normalized spacial score (nSPS) is 40.7. The minimum atomic E-state index is 0.0585. The lowest BCUT2D eigenvalue weighted by molar-refractivity contribution is -0.0192. The zero-order valence-corrected chi connectivity index (χ0v) is 12.4. The van der Waals surface area contributed by atoms with Crippen LogP contribution in [0.3, 0.4) is 0 Å². The molecule has 0 aromatic carbocycles. The highest BCUT2D eigenvalue weighted by atomic mass is 16.5. The van der Waals surface area contributed by atoms with Crippen molar-refractivity contribution < 1.29 is 14.2 Å². The first-order valence-electron chi connectivity index (χ1n) is 7.22. The zero-order chi connectivity index (χ0) is 13.9. The first-order valence-corrected chi connectivity index (χ1v) is 7.22. The quantitative estimate of drug-likeness (QED) is 0.795. The number of nitrogens with zero attached hydrogens (tertiary/aromatic N) is 1. The Morgan fingerprint density at radius 2 is 1.74 bits per heavy atom. The van der Waals surface area contributed by atoms with Crippen LogP contribution in [0, 0.1) is 0 Å². The number of ether oxygens (including phenoxy) is 3. The predicted molar refractivity (Wildman–Crippen MR) is 74.2 cm³/mol. The maximum Gasteiger partial charge on any atom is 0.0972 e. The molecule has 0 aromatic rings. The van der Waals surface area contributed by atoms with E-state index in [1.54, 1.807) is 21.3 Å². The summed E-state index contributed by atoms with van der Waals surface area (Å²) in [6, 6.07) is 0. The van der Waals surface area contributed by atoms with Crippen molar-refractivity contribution in [2.45, 2.75) is 49.5 Å². The molecule has 1 aliphatic carbocycles. The van der Waals surface area contributed by atoms with E-state index < -0.39 is 0 Å². The summed E-state index contributed by atoms with van der Waals surface area (Å²) < 4.78 is 16.6. The van der Waals surface area contributed by atoms with Gasteiger partial charge in [0.05, 0.1) is 18.3 Å². The van der Waals surface area contributed by atoms with Crippen LogP contribution in [0.25, 0.3) is 0 Å². The largest absolute Gasteiger partial charge is 0.381 e. The molecule has 2 aliphatic rings. The standard InChI is InChI=1S/C14H28N2O3/c1-17-11-5-4-6-14(7-11,10-15)16-8-12(18-2)13(9-16)19-3/h11-13H,4-10,15H2,1-3H3. The SMILES string of the molecule is COC1CCCC(CN)(N2CC(OC)C(OC)C2)C1. The number of hydrogen-bond donors (Lipinski definition) is 1. The Labute approximate surface area is 116 Å². The average molecular weight is 272 g/mol. The Balaban J connectivity index is 2.09. The lowest BCUT2D eigenvalue weighted by atomic mass is 9.79. The van der Waals surface area contributed by atoms with Crippen LogP contribution in [0.1, 0.15) is 25.7 Å². The van der Waals surface area contributed by atoms with Crippen LogP contribution in [0.4, 0.5) is 0 Å². The van der Waals surface area contributed by atoms with Gasteiger partial charge in [0, 0.05) is 46.5 Å². The molecular formula is C14H28N2O3. The smallest absolute Gasteiger partial charge is 0.0972 e. The lowest BCUT2D eigenvalue weighted by Gasteiger charge is -2.46. The molecule has 0 radical (unpaired) electrons. The maximum absolute atomic E-state index is 6.13. The third kappa shape index (κ3) is 2.95. The van der Waals surface area contributed by atoms with Crippen LogP contribution in [0.2, 0.25) is 0 Å². The van der Waals surface area contributed by atoms with Crippen molar-refractivity contribution in [3.63, 3.8) is 0 Å². The summed E-state index contributed by atoms with van der Waals surface area (Å²) in [5.74, 6) is 0. The second kappa shape index (κ2) is 6.50. The molecule has 112 valence electrons. The lowest BCUT2D eigenvalue weighted by Crippen LogP contribution is -2.57. The average Bonchev–Trinajstić information content (AvgIpc) is 2.91. The van der Waals surface area contributed by atoms with Gasteiger partial charge in [0.25, 0.3) is 0 Å². The fourth-order valence-electron chi connectivity index (χ4n) is 3.67. The van der Waals surface area contributed by atoms with E-state index in [-0.39, 0.29) is 17.7 Å². The summed E-state index contributed by atoms with van der Waals surface area (Å²) in [5.41, 5.74) is 6.19. The van der Waals surface area contributed by atoms with E-state index in [2.05, 4.69) is 4.90 Å². The molecule has 2 rings (SSSR count). The molecule has 5 nitrogen and oxygen atoms in total. The third-order valence-electron chi connectivity index (χ3n) is 4.98. The summed E-state index contributed by atoms with van der Waals surface area (Å²) in [4.78, 5) is 2.47. The van der Waals surface area contributed by atoms with E-state index in [4.69, 9.17) is 19.9 Å². The fraction of sp³-hybridized carbons (Fsp3) is 1.00. The molecule has 4 atom stereocenters. The molecule has 19 heavy (non-hydrogen) atoms. The molecule has 5 heteroatoms. The summed E-state index contributed by atoms with van der Waals surface area (Å²) in [7, 11) is 5.32. The van der Waals surface area contributed by atoms with Crippen LogP contribution < -0.4 is 5.73 Å². The first-order chi connectivity index (χ1) is 9.19. The van der Waals surface area contributed by atoms with Gasteiger partial charge in [-0.3, -0.25) is 4.90 Å². The van der Waals surface area contributed by atoms with Gasteiger partial charge in [-0.15, -0.1) is 0 Å². The molecule has 0 aromatic heterocycles. The topological polar surface area (TPSA) is 57.0 Å². The second-order valence-electron chi connectivity index (χ2n) is 5.84. The van der Waals surface area contributed by atoms with E-state index in [9.17, 15) is 0 Å². The van der Waals surface area contributed by atoms with E-state index in [1.165, 1.54) is 6.42 Å². The minimum absolute atomic E-state index is 0.0585. The predicted octanol–water partition coefficient (Wildman–Crippen LogP) is 0.619. The van der Waals surface area contributed by atoms with Crippen LogP contribution in [0.15, 0.2) is 0 Å². The molecule has 2 fully saturated rings. The maximum atomic E-state index is 6.13. The van der Waals surface area contributed by atoms with Gasteiger partial charge in [0.1, 0.15) is 0 Å². The van der Waals surface area contributed by atoms with Crippen LogP contribution >= 0.6 is 0 Å². The van der Waals surface area contributed by atoms with Gasteiger partial charge in [0.2, 0.25) is 0 Å². The van der Waals surface area contributed by atoms with Gasteiger partial charge in [-0.2, -0.15) is 0 Å². The molecule has 1 aliphatic heterocycles. The highest BCUT2D eigenvalue weighted by Gasteiger charge is 2.46. The fourth-order valence-corrected chi connectivity index (χ4v) is 3.67. The Kier molecular flexibility index (Phi) is 5.20. The summed E-state index contributed by atoms with van der Waals surface area (Å²) >= 11 is 0. The number of hydrogen-bond acceptors (Lipinski definition) is 5. The summed E-state index contributed by atoms with van der Waals surface area (Å²) in [6.07, 6.45) is 5.13. The van der Waals surface area contributed by atoms with Gasteiger partial charge in [-0.1, -0.05) is 0 Å². The highest BCUT2D eigenvalue weighted by molar-refractivity contribution is 5.02. The number of likely N-dealkylation sites (tertiary alicyclic amines) is 1. The van der Waals surface area contributed by atoms with Crippen LogP contribution in [-0.2, 0) is 14.2 Å². The molecule has 0 spiro atoms. The highest BCUT2D eigenvalue weighted by Crippen LogP contribution is 2.37. The van der Waals surface area contributed by atoms with E-state index in [0.29, 0.717) is 12.6 Å². The second-order valence-corrected chi connectivity index (χ2v) is 5.84. The van der Waals surface area contributed by atoms with Crippen LogP contribution in [0.5, 0.6) is 0 Å². The van der Waals surface area contributed by atoms with Crippen molar-refractivity contribution >= 4 is 0 Å². The Hall–Kier alpha value is -0.200. The Morgan fingerprint density at radius 1 is 1.11 bits per heavy atom. The van der Waals surface area contributed by atoms with Crippen LogP contribution in [-0.4, -0.2) is 69.7 Å². The van der Waals surface area contributed by atoms with Gasteiger partial charge in [0.15, 0.2) is 0 Å². The van der Waals surface area contributed by atoms with Crippen molar-refractivity contribution in [3.8, 4) is 0 Å². The number of rotatable bonds is 5. The van der Waals surface area contributed by atoms with E-state index in [0.717, 1.165) is 32.4 Å². The van der Waals surface area contributed by atoms with Crippen molar-refractivity contribution in [1.82, 2.24) is 4.90 Å². The molecule has 1 heterocycles. The monoisotopic (exact) mass is 272 g/mol. The van der Waals surface area contributed by atoms with E-state index >= 15 is 0 Å². The molecule has 0 bridgehead atoms. The van der Waals surface area contributed by atoms with Crippen molar-refractivity contribution in [2.75, 3.05) is 41.0 Å². The van der Waals surface area contributed by atoms with Gasteiger partial charge in [-0.05, 0) is 25.7 Å². The molecule has 0 amide bonds. The molecule has 4 unspecified atom stereocenters. The van der Waals surface area contributed by atoms with Gasteiger partial charge >= 0.3 is 0 Å². The molecule has 1 saturated heterocycles. The van der Waals surface area contributed by atoms with Crippen molar-refractivity contribution in [1.29, 1.82) is 0 Å². The van der Waals surface area contributed by atoms with Crippen molar-refractivity contribution in [2.24, 2.45) is 5.73 Å². The van der Waals surface area contributed by atoms with Gasteiger partial charge in [-0.25, -0.2) is 0 Å². The number of methoxy groups -OCH3 is 3. The summed E-state index contributed by atoms with van der Waals surface area (Å²) in [5, 5.41) is 0. The third-order valence-corrected chi connectivity index (χ3v) is 4.98. The first kappa shape index (κ1) is 15.2. The van der Waals surface area contributed by atoms with Gasteiger partial charge < -0.3 is 19.9 Å². The molecular weight excluding hydrogens is 244 g/mol. The summed E-state index contributed by atoms with van der Waals surface area (Å²) in [6.45, 7) is 2.49. The molecule has 2 N–H and O–H groups in total. The van der Waals surface area contributed by atoms with Crippen molar-refractivity contribution in [3.05, 3.63) is 0 Å².